The van der Waals surface area contributed by atoms with E-state index in [2.05, 4.69) is 38.2 Å². The summed E-state index contributed by atoms with van der Waals surface area (Å²) in [4.78, 5) is 0. The van der Waals surface area contributed by atoms with Crippen LogP contribution in [0.4, 0.5) is 0 Å². The average Bonchev–Trinajstić information content (AvgIpc) is 2.31. The van der Waals surface area contributed by atoms with Gasteiger partial charge in [0.15, 0.2) is 0 Å². The molecule has 0 unspecified atom stereocenters. The van der Waals surface area contributed by atoms with Crippen LogP contribution in [0.2, 0.25) is 0 Å². The first-order valence-corrected chi connectivity index (χ1v) is 7.21. The van der Waals surface area contributed by atoms with Crippen LogP contribution in [0.25, 0.3) is 0 Å². The Hall–Kier alpha value is -0.520. The summed E-state index contributed by atoms with van der Waals surface area (Å²) in [5.41, 5.74) is 0. The van der Waals surface area contributed by atoms with Crippen LogP contribution < -0.4 is 0 Å². The van der Waals surface area contributed by atoms with Crippen LogP contribution in [-0.4, -0.2) is 0 Å². The molecule has 0 saturated carbocycles. The molecule has 0 amide bonds. The second-order valence-corrected chi connectivity index (χ2v) is 4.51. The molecule has 0 rings (SSSR count). The Morgan fingerprint density at radius 3 is 1.56 bits per heavy atom. The standard InChI is InChI=1S/C16H30/c1-3-5-7-9-11-13-15-16-14-12-10-8-6-4-2/h9,11,14,16H,3-8,10,12-13,15H2,1-2H3. The zero-order valence-corrected chi connectivity index (χ0v) is 11.4. The lowest BCUT2D eigenvalue weighted by Gasteiger charge is -1.94. The molecular weight excluding hydrogens is 192 g/mol. The van der Waals surface area contributed by atoms with E-state index in [4.69, 9.17) is 0 Å². The molecule has 0 saturated heterocycles. The third-order valence-corrected chi connectivity index (χ3v) is 2.78. The summed E-state index contributed by atoms with van der Waals surface area (Å²) in [5.74, 6) is 0. The Morgan fingerprint density at radius 2 is 1.00 bits per heavy atom. The quantitative estimate of drug-likeness (QED) is 0.295. The fourth-order valence-electron chi connectivity index (χ4n) is 1.67. The smallest absolute Gasteiger partial charge is 0.0316 e. The minimum absolute atomic E-state index is 1.22. The van der Waals surface area contributed by atoms with Gasteiger partial charge < -0.3 is 0 Å². The zero-order valence-electron chi connectivity index (χ0n) is 11.4. The summed E-state index contributed by atoms with van der Waals surface area (Å²) in [7, 11) is 0. The van der Waals surface area contributed by atoms with Crippen molar-refractivity contribution in [3.8, 4) is 0 Å². The molecule has 0 aliphatic heterocycles. The van der Waals surface area contributed by atoms with Crippen LogP contribution >= 0.6 is 0 Å². The first-order chi connectivity index (χ1) is 7.91. The molecule has 0 aromatic heterocycles. The van der Waals surface area contributed by atoms with E-state index in [0.717, 1.165) is 0 Å². The van der Waals surface area contributed by atoms with Crippen LogP contribution in [0.3, 0.4) is 0 Å². The van der Waals surface area contributed by atoms with E-state index in [1.807, 2.05) is 0 Å². The minimum atomic E-state index is 1.22. The SMILES string of the molecule is CCCCC=CCCC=CCCCCCC. The number of rotatable bonds is 11. The Balaban J connectivity index is 3.12. The Kier molecular flexibility index (Phi) is 14.0. The molecule has 16 heavy (non-hydrogen) atoms. The summed E-state index contributed by atoms with van der Waals surface area (Å²) >= 11 is 0. The van der Waals surface area contributed by atoms with Crippen LogP contribution in [0.1, 0.15) is 78.1 Å². The lowest BCUT2D eigenvalue weighted by molar-refractivity contribution is 0.674. The van der Waals surface area contributed by atoms with Gasteiger partial charge >= 0.3 is 0 Å². The van der Waals surface area contributed by atoms with E-state index in [-0.39, 0.29) is 0 Å². The van der Waals surface area contributed by atoms with Crippen molar-refractivity contribution in [2.24, 2.45) is 0 Å². The molecule has 0 bridgehead atoms. The molecule has 0 radical (unpaired) electrons. The maximum Gasteiger partial charge on any atom is -0.0316 e. The predicted octanol–water partition coefficient (Wildman–Crippen LogP) is 6.04. The number of hydrogen-bond acceptors (Lipinski definition) is 0. The minimum Gasteiger partial charge on any atom is -0.0885 e. The summed E-state index contributed by atoms with van der Waals surface area (Å²) in [6, 6.07) is 0. The Bertz CT molecular complexity index is 165. The predicted molar refractivity (Wildman–Crippen MR) is 75.8 cm³/mol. The number of allylic oxidation sites excluding steroid dienone is 4. The molecular formula is C16H30. The van der Waals surface area contributed by atoms with Crippen LogP contribution in [0.5, 0.6) is 0 Å². The van der Waals surface area contributed by atoms with Gasteiger partial charge in [0, 0.05) is 0 Å². The van der Waals surface area contributed by atoms with Crippen molar-refractivity contribution < 1.29 is 0 Å². The van der Waals surface area contributed by atoms with Gasteiger partial charge in [0.1, 0.15) is 0 Å². The van der Waals surface area contributed by atoms with Crippen molar-refractivity contribution in [3.05, 3.63) is 24.3 Å². The van der Waals surface area contributed by atoms with Crippen molar-refractivity contribution in [2.45, 2.75) is 78.1 Å². The Labute approximate surface area is 103 Å². The molecule has 0 fully saturated rings. The zero-order chi connectivity index (χ0) is 11.9. The van der Waals surface area contributed by atoms with E-state index in [1.54, 1.807) is 0 Å². The largest absolute Gasteiger partial charge is 0.0885 e. The second kappa shape index (κ2) is 14.5. The maximum atomic E-state index is 2.36. The Morgan fingerprint density at radius 1 is 0.500 bits per heavy atom. The molecule has 0 nitrogen and oxygen atoms in total. The molecule has 0 spiro atoms. The molecule has 0 aliphatic rings. The van der Waals surface area contributed by atoms with Crippen molar-refractivity contribution >= 4 is 0 Å². The van der Waals surface area contributed by atoms with Gasteiger partial charge in [-0.15, -0.1) is 0 Å². The summed E-state index contributed by atoms with van der Waals surface area (Å²) in [6.07, 6.45) is 22.5. The third kappa shape index (κ3) is 13.5. The fraction of sp³-hybridized carbons (Fsp3) is 0.750. The van der Waals surface area contributed by atoms with Crippen LogP contribution in [0.15, 0.2) is 24.3 Å². The van der Waals surface area contributed by atoms with Gasteiger partial charge in [-0.05, 0) is 32.1 Å². The molecule has 0 aromatic rings. The van der Waals surface area contributed by atoms with E-state index < -0.39 is 0 Å². The van der Waals surface area contributed by atoms with Gasteiger partial charge in [0.2, 0.25) is 0 Å². The summed E-state index contributed by atoms with van der Waals surface area (Å²) in [5, 5.41) is 0. The molecule has 0 atom stereocenters. The topological polar surface area (TPSA) is 0 Å². The van der Waals surface area contributed by atoms with E-state index in [0.29, 0.717) is 0 Å². The summed E-state index contributed by atoms with van der Waals surface area (Å²) < 4.78 is 0. The summed E-state index contributed by atoms with van der Waals surface area (Å²) in [6.45, 7) is 4.51. The average molecular weight is 222 g/mol. The van der Waals surface area contributed by atoms with Gasteiger partial charge in [-0.3, -0.25) is 0 Å². The van der Waals surface area contributed by atoms with Crippen molar-refractivity contribution in [1.29, 1.82) is 0 Å². The molecule has 94 valence electrons. The van der Waals surface area contributed by atoms with Crippen molar-refractivity contribution in [1.82, 2.24) is 0 Å². The lowest BCUT2D eigenvalue weighted by Crippen LogP contribution is -1.74. The van der Waals surface area contributed by atoms with Crippen molar-refractivity contribution in [2.75, 3.05) is 0 Å². The fourth-order valence-corrected chi connectivity index (χ4v) is 1.67. The van der Waals surface area contributed by atoms with Gasteiger partial charge in [-0.25, -0.2) is 0 Å². The molecule has 0 heterocycles. The van der Waals surface area contributed by atoms with Gasteiger partial charge in [-0.2, -0.15) is 0 Å². The van der Waals surface area contributed by atoms with Crippen LogP contribution in [0, 0.1) is 0 Å². The monoisotopic (exact) mass is 222 g/mol. The highest BCUT2D eigenvalue weighted by molar-refractivity contribution is 4.87. The van der Waals surface area contributed by atoms with Gasteiger partial charge in [0.05, 0.1) is 0 Å². The molecule has 0 N–H and O–H groups in total. The first-order valence-electron chi connectivity index (χ1n) is 7.21. The van der Waals surface area contributed by atoms with Gasteiger partial charge in [-0.1, -0.05) is 70.3 Å². The highest BCUT2D eigenvalue weighted by Crippen LogP contribution is 2.04. The number of unbranched alkanes of at least 4 members (excludes halogenated alkanes) is 7. The second-order valence-electron chi connectivity index (χ2n) is 4.51. The normalized spacial score (nSPS) is 11.9. The van der Waals surface area contributed by atoms with Gasteiger partial charge in [0.25, 0.3) is 0 Å². The third-order valence-electron chi connectivity index (χ3n) is 2.78. The molecule has 0 heteroatoms. The van der Waals surface area contributed by atoms with Crippen LogP contribution in [-0.2, 0) is 0 Å². The van der Waals surface area contributed by atoms with E-state index in [1.165, 1.54) is 64.2 Å². The number of hydrogen-bond donors (Lipinski definition) is 0. The highest BCUT2D eigenvalue weighted by atomic mass is 13.9. The van der Waals surface area contributed by atoms with E-state index >= 15 is 0 Å². The highest BCUT2D eigenvalue weighted by Gasteiger charge is 1.84. The molecule has 0 aromatic carbocycles. The first kappa shape index (κ1) is 15.5. The van der Waals surface area contributed by atoms with E-state index in [9.17, 15) is 0 Å². The van der Waals surface area contributed by atoms with Crippen molar-refractivity contribution in [3.63, 3.8) is 0 Å². The maximum absolute atomic E-state index is 2.36. The molecule has 0 aliphatic carbocycles. The lowest BCUT2D eigenvalue weighted by atomic mass is 10.1.